The van der Waals surface area contributed by atoms with E-state index in [2.05, 4.69) is 16.0 Å². The Bertz CT molecular complexity index is 206. The van der Waals surface area contributed by atoms with Crippen molar-refractivity contribution in [2.45, 2.75) is 12.8 Å². The van der Waals surface area contributed by atoms with E-state index >= 15 is 0 Å². The lowest BCUT2D eigenvalue weighted by Crippen LogP contribution is -2.30. The minimum absolute atomic E-state index is 0.00764. The summed E-state index contributed by atoms with van der Waals surface area (Å²) in [6, 6.07) is 0. The number of hydrogen-bond donors (Lipinski definition) is 3. The Labute approximate surface area is 112 Å². The summed E-state index contributed by atoms with van der Waals surface area (Å²) in [6.07, 6.45) is 1.72. The van der Waals surface area contributed by atoms with Gasteiger partial charge in [-0.25, -0.2) is 0 Å². The zero-order chi connectivity index (χ0) is 12.9. The highest BCUT2D eigenvalue weighted by Crippen LogP contribution is 1.80. The number of amides is 2. The highest BCUT2D eigenvalue weighted by molar-refractivity contribution is 6.27. The van der Waals surface area contributed by atoms with Crippen molar-refractivity contribution in [2.75, 3.05) is 37.9 Å². The minimum atomic E-state index is -0.143. The van der Waals surface area contributed by atoms with Gasteiger partial charge in [-0.05, 0) is 25.9 Å². The number of halogens is 2. The van der Waals surface area contributed by atoms with Crippen LogP contribution in [-0.4, -0.2) is 49.8 Å². The molecule has 0 unspecified atom stereocenters. The molecular weight excluding hydrogens is 265 g/mol. The van der Waals surface area contributed by atoms with Gasteiger partial charge in [0, 0.05) is 13.1 Å². The number of hydrogen-bond acceptors (Lipinski definition) is 3. The van der Waals surface area contributed by atoms with E-state index in [0.29, 0.717) is 13.1 Å². The first-order valence-electron chi connectivity index (χ1n) is 5.56. The van der Waals surface area contributed by atoms with Crippen LogP contribution in [0.4, 0.5) is 0 Å². The van der Waals surface area contributed by atoms with Crippen molar-refractivity contribution >= 4 is 35.0 Å². The zero-order valence-electron chi connectivity index (χ0n) is 9.73. The summed E-state index contributed by atoms with van der Waals surface area (Å²) in [5.74, 6) is -0.271. The number of rotatable bonds is 10. The third kappa shape index (κ3) is 11.7. The Balaban J connectivity index is 3.08. The molecule has 0 fully saturated rings. The van der Waals surface area contributed by atoms with Crippen molar-refractivity contribution in [1.29, 1.82) is 0 Å². The maximum atomic E-state index is 10.8. The molecule has 0 aromatic rings. The number of alkyl halides is 2. The van der Waals surface area contributed by atoms with Crippen molar-refractivity contribution in [1.82, 2.24) is 16.0 Å². The summed E-state index contributed by atoms with van der Waals surface area (Å²) in [4.78, 5) is 21.5. The molecule has 3 N–H and O–H groups in total. The molecule has 7 heteroatoms. The molecule has 0 aromatic heterocycles. The largest absolute Gasteiger partial charge is 0.355 e. The second-order valence-electron chi connectivity index (χ2n) is 3.42. The molecule has 100 valence electrons. The maximum absolute atomic E-state index is 10.8. The molecule has 0 aliphatic rings. The van der Waals surface area contributed by atoms with Gasteiger partial charge in [0.15, 0.2) is 0 Å². The van der Waals surface area contributed by atoms with Crippen LogP contribution in [0.25, 0.3) is 0 Å². The molecule has 0 heterocycles. The van der Waals surface area contributed by atoms with Crippen LogP contribution in [0.1, 0.15) is 12.8 Å². The highest BCUT2D eigenvalue weighted by Gasteiger charge is 1.97. The summed E-state index contributed by atoms with van der Waals surface area (Å²) >= 11 is 10.6. The highest BCUT2D eigenvalue weighted by atomic mass is 35.5. The molecule has 5 nitrogen and oxygen atoms in total. The average molecular weight is 284 g/mol. The molecule has 0 aliphatic heterocycles. The SMILES string of the molecule is O=C(CCl)NCCCNCCCNC(=O)CCl. The predicted octanol–water partition coefficient (Wildman–Crippen LogP) is 0.0662. The number of carbonyl (C=O) groups excluding carboxylic acids is 2. The topological polar surface area (TPSA) is 70.2 Å². The van der Waals surface area contributed by atoms with E-state index in [-0.39, 0.29) is 23.6 Å². The molecule has 17 heavy (non-hydrogen) atoms. The van der Waals surface area contributed by atoms with Crippen LogP contribution in [0.5, 0.6) is 0 Å². The smallest absolute Gasteiger partial charge is 0.234 e. The fourth-order valence-corrected chi connectivity index (χ4v) is 1.29. The quantitative estimate of drug-likeness (QED) is 0.392. The third-order valence-electron chi connectivity index (χ3n) is 1.95. The summed E-state index contributed by atoms with van der Waals surface area (Å²) in [6.45, 7) is 2.90. The first-order valence-corrected chi connectivity index (χ1v) is 6.63. The van der Waals surface area contributed by atoms with Gasteiger partial charge in [-0.2, -0.15) is 0 Å². The second-order valence-corrected chi connectivity index (χ2v) is 3.96. The van der Waals surface area contributed by atoms with Gasteiger partial charge in [-0.15, -0.1) is 23.2 Å². The molecule has 0 bridgehead atoms. The van der Waals surface area contributed by atoms with Crippen molar-refractivity contribution in [3.8, 4) is 0 Å². The first-order chi connectivity index (χ1) is 8.20. The van der Waals surface area contributed by atoms with Crippen molar-refractivity contribution in [2.24, 2.45) is 0 Å². The van der Waals surface area contributed by atoms with Crippen molar-refractivity contribution < 1.29 is 9.59 Å². The zero-order valence-corrected chi connectivity index (χ0v) is 11.2. The van der Waals surface area contributed by atoms with Gasteiger partial charge in [0.05, 0.1) is 0 Å². The lowest BCUT2D eigenvalue weighted by atomic mass is 10.3. The van der Waals surface area contributed by atoms with Crippen LogP contribution in [0, 0.1) is 0 Å². The van der Waals surface area contributed by atoms with Gasteiger partial charge in [0.1, 0.15) is 11.8 Å². The van der Waals surface area contributed by atoms with Gasteiger partial charge in [-0.1, -0.05) is 0 Å². The van der Waals surface area contributed by atoms with Crippen molar-refractivity contribution in [3.63, 3.8) is 0 Å². The van der Waals surface area contributed by atoms with Gasteiger partial charge in [-0.3, -0.25) is 9.59 Å². The standard InChI is InChI=1S/C10H19Cl2N3O2/c11-7-9(16)14-5-1-3-13-4-2-6-15-10(17)8-12/h13H,1-8H2,(H,14,16)(H,15,17). The van der Waals surface area contributed by atoms with E-state index in [4.69, 9.17) is 23.2 Å². The van der Waals surface area contributed by atoms with E-state index in [1.165, 1.54) is 0 Å². The minimum Gasteiger partial charge on any atom is -0.355 e. The van der Waals surface area contributed by atoms with Gasteiger partial charge in [0.2, 0.25) is 11.8 Å². The summed E-state index contributed by atoms with van der Waals surface area (Å²) in [5.41, 5.74) is 0. The lowest BCUT2D eigenvalue weighted by Gasteiger charge is -2.06. The Morgan fingerprint density at radius 1 is 0.765 bits per heavy atom. The van der Waals surface area contributed by atoms with Crippen LogP contribution >= 0.6 is 23.2 Å². The van der Waals surface area contributed by atoms with E-state index in [0.717, 1.165) is 25.9 Å². The maximum Gasteiger partial charge on any atom is 0.234 e. The molecular formula is C10H19Cl2N3O2. The Hall–Kier alpha value is -0.520. The first kappa shape index (κ1) is 16.5. The van der Waals surface area contributed by atoms with Gasteiger partial charge >= 0.3 is 0 Å². The normalized spacial score (nSPS) is 10.0. The molecule has 0 radical (unpaired) electrons. The van der Waals surface area contributed by atoms with Gasteiger partial charge < -0.3 is 16.0 Å². The van der Waals surface area contributed by atoms with Crippen LogP contribution in [-0.2, 0) is 9.59 Å². The van der Waals surface area contributed by atoms with Gasteiger partial charge in [0.25, 0.3) is 0 Å². The average Bonchev–Trinajstić information content (AvgIpc) is 2.35. The fraction of sp³-hybridized carbons (Fsp3) is 0.800. The van der Waals surface area contributed by atoms with Crippen LogP contribution in [0.3, 0.4) is 0 Å². The molecule has 0 rings (SSSR count). The third-order valence-corrected chi connectivity index (χ3v) is 2.43. The fourth-order valence-electron chi connectivity index (χ4n) is 1.10. The molecule has 0 aromatic carbocycles. The summed E-state index contributed by atoms with van der Waals surface area (Å²) in [5, 5.41) is 8.55. The predicted molar refractivity (Wildman–Crippen MR) is 69.6 cm³/mol. The Kier molecular flexibility index (Phi) is 11.6. The Morgan fingerprint density at radius 2 is 1.18 bits per heavy atom. The number of carbonyl (C=O) groups is 2. The van der Waals surface area contributed by atoms with E-state index in [9.17, 15) is 9.59 Å². The molecule has 0 saturated heterocycles. The Morgan fingerprint density at radius 3 is 1.53 bits per heavy atom. The van der Waals surface area contributed by atoms with E-state index in [1.54, 1.807) is 0 Å². The molecule has 2 amide bonds. The second kappa shape index (κ2) is 12.0. The summed E-state index contributed by atoms with van der Waals surface area (Å²) < 4.78 is 0. The summed E-state index contributed by atoms with van der Waals surface area (Å²) in [7, 11) is 0. The molecule has 0 aliphatic carbocycles. The van der Waals surface area contributed by atoms with Crippen LogP contribution in [0.2, 0.25) is 0 Å². The van der Waals surface area contributed by atoms with E-state index in [1.807, 2.05) is 0 Å². The lowest BCUT2D eigenvalue weighted by molar-refractivity contribution is -0.119. The van der Waals surface area contributed by atoms with Crippen molar-refractivity contribution in [3.05, 3.63) is 0 Å². The molecule has 0 spiro atoms. The van der Waals surface area contributed by atoms with E-state index < -0.39 is 0 Å². The van der Waals surface area contributed by atoms with Crippen LogP contribution < -0.4 is 16.0 Å². The molecule has 0 saturated carbocycles. The van der Waals surface area contributed by atoms with Crippen LogP contribution in [0.15, 0.2) is 0 Å². The number of nitrogens with one attached hydrogen (secondary N) is 3. The monoisotopic (exact) mass is 283 g/mol. The molecule has 0 atom stereocenters.